The molecule has 2 N–H and O–H groups in total. The molecule has 3 heterocycles. The van der Waals surface area contributed by atoms with Crippen LogP contribution in [0.1, 0.15) is 18.7 Å². The molecule has 7 nitrogen and oxygen atoms in total. The van der Waals surface area contributed by atoms with Crippen molar-refractivity contribution in [1.82, 2.24) is 15.1 Å². The molecule has 0 radical (unpaired) electrons. The zero-order valence-corrected chi connectivity index (χ0v) is 14.3. The fraction of sp³-hybridized carbons (Fsp3) is 0.316. The number of nitrogens with zero attached hydrogens (tertiary/aromatic N) is 3. The number of rotatable bonds is 5. The third kappa shape index (κ3) is 3.18. The molecule has 0 aliphatic carbocycles. The van der Waals surface area contributed by atoms with Crippen molar-refractivity contribution in [3.63, 3.8) is 0 Å². The monoisotopic (exact) mass is 352 g/mol. The summed E-state index contributed by atoms with van der Waals surface area (Å²) in [6.45, 7) is 1.73. The van der Waals surface area contributed by atoms with E-state index in [0.717, 1.165) is 12.8 Å². The van der Waals surface area contributed by atoms with E-state index in [4.69, 9.17) is 19.7 Å². The van der Waals surface area contributed by atoms with E-state index in [1.165, 1.54) is 0 Å². The summed E-state index contributed by atoms with van der Waals surface area (Å²) in [6.07, 6.45) is 3.21. The Kier molecular flexibility index (Phi) is 4.64. The predicted octanol–water partition coefficient (Wildman–Crippen LogP) is 2.93. The van der Waals surface area contributed by atoms with E-state index < -0.39 is 0 Å². The molecule has 3 aromatic rings. The van der Waals surface area contributed by atoms with Crippen molar-refractivity contribution < 1.29 is 14.0 Å². The highest BCUT2D eigenvalue weighted by Gasteiger charge is 2.39. The molecule has 7 heteroatoms. The van der Waals surface area contributed by atoms with Crippen molar-refractivity contribution in [2.75, 3.05) is 19.8 Å². The van der Waals surface area contributed by atoms with Gasteiger partial charge in [0, 0.05) is 26.0 Å². The van der Waals surface area contributed by atoms with Gasteiger partial charge in [-0.3, -0.25) is 0 Å². The van der Waals surface area contributed by atoms with Crippen LogP contribution >= 0.6 is 0 Å². The van der Waals surface area contributed by atoms with Crippen LogP contribution in [-0.4, -0.2) is 34.9 Å². The van der Waals surface area contributed by atoms with Crippen LogP contribution in [0.5, 0.6) is 11.6 Å². The van der Waals surface area contributed by atoms with Gasteiger partial charge in [0.2, 0.25) is 17.6 Å². The van der Waals surface area contributed by atoms with Crippen LogP contribution in [0.3, 0.4) is 0 Å². The van der Waals surface area contributed by atoms with Crippen molar-refractivity contribution in [3.05, 3.63) is 54.6 Å². The lowest BCUT2D eigenvalue weighted by atomic mass is 9.80. The lowest BCUT2D eigenvalue weighted by Crippen LogP contribution is -2.40. The second-order valence-electron chi connectivity index (χ2n) is 6.29. The molecule has 1 aliphatic heterocycles. The summed E-state index contributed by atoms with van der Waals surface area (Å²) in [5.74, 6) is 2.12. The molecule has 1 saturated heterocycles. The smallest absolute Gasteiger partial charge is 0.234 e. The summed E-state index contributed by atoms with van der Waals surface area (Å²) in [5, 5.41) is 4.15. The number of benzene rings is 1. The maximum atomic E-state index is 6.03. The van der Waals surface area contributed by atoms with Gasteiger partial charge in [0.25, 0.3) is 0 Å². The Morgan fingerprint density at radius 2 is 1.88 bits per heavy atom. The van der Waals surface area contributed by atoms with E-state index in [2.05, 4.69) is 15.1 Å². The Balaban J connectivity index is 1.66. The zero-order chi connectivity index (χ0) is 17.8. The summed E-state index contributed by atoms with van der Waals surface area (Å²) >= 11 is 0. The third-order valence-corrected chi connectivity index (χ3v) is 4.69. The Morgan fingerprint density at radius 1 is 1.08 bits per heavy atom. The maximum Gasteiger partial charge on any atom is 0.234 e. The van der Waals surface area contributed by atoms with Crippen molar-refractivity contribution in [3.8, 4) is 23.0 Å². The Morgan fingerprint density at radius 3 is 2.65 bits per heavy atom. The fourth-order valence-electron chi connectivity index (χ4n) is 3.06. The fourth-order valence-corrected chi connectivity index (χ4v) is 3.06. The minimum Gasteiger partial charge on any atom is -0.438 e. The number of aromatic nitrogens is 3. The van der Waals surface area contributed by atoms with E-state index in [1.54, 1.807) is 6.20 Å². The van der Waals surface area contributed by atoms with Crippen molar-refractivity contribution in [2.45, 2.75) is 18.3 Å². The zero-order valence-electron chi connectivity index (χ0n) is 14.3. The van der Waals surface area contributed by atoms with E-state index in [-0.39, 0.29) is 5.41 Å². The highest BCUT2D eigenvalue weighted by atomic mass is 16.5. The molecule has 4 rings (SSSR count). The number of nitrogens with two attached hydrogens (primary N) is 1. The highest BCUT2D eigenvalue weighted by molar-refractivity contribution is 5.61. The van der Waals surface area contributed by atoms with Crippen molar-refractivity contribution >= 4 is 0 Å². The second kappa shape index (κ2) is 7.23. The van der Waals surface area contributed by atoms with Gasteiger partial charge < -0.3 is 19.7 Å². The molecule has 0 spiro atoms. The molecule has 1 aliphatic rings. The first-order valence-corrected chi connectivity index (χ1v) is 8.61. The standard InChI is InChI=1S/C19H20N4O3/c20-13-19(8-11-24-12-9-19)18-22-16(23-26-18)15-7-4-10-21-17(15)25-14-5-2-1-3-6-14/h1-7,10H,8-9,11-13,20H2. The molecule has 0 atom stereocenters. The lowest BCUT2D eigenvalue weighted by molar-refractivity contribution is 0.0409. The van der Waals surface area contributed by atoms with Crippen LogP contribution in [0.2, 0.25) is 0 Å². The summed E-state index contributed by atoms with van der Waals surface area (Å²) in [7, 11) is 0. The maximum absolute atomic E-state index is 6.03. The molecule has 1 fully saturated rings. The van der Waals surface area contributed by atoms with Gasteiger partial charge in [0.15, 0.2) is 0 Å². The molecule has 0 saturated carbocycles. The molecular formula is C19H20N4O3. The van der Waals surface area contributed by atoms with E-state index in [1.807, 2.05) is 42.5 Å². The average molecular weight is 352 g/mol. The number of hydrogen-bond donors (Lipinski definition) is 1. The quantitative estimate of drug-likeness (QED) is 0.754. The van der Waals surface area contributed by atoms with Gasteiger partial charge in [-0.1, -0.05) is 23.4 Å². The van der Waals surface area contributed by atoms with Gasteiger partial charge in [0.1, 0.15) is 5.75 Å². The van der Waals surface area contributed by atoms with Gasteiger partial charge in [-0.05, 0) is 37.1 Å². The largest absolute Gasteiger partial charge is 0.438 e. The average Bonchev–Trinajstić information content (AvgIpc) is 3.20. The van der Waals surface area contributed by atoms with Crippen LogP contribution in [0.25, 0.3) is 11.4 Å². The number of hydrogen-bond acceptors (Lipinski definition) is 7. The molecule has 0 unspecified atom stereocenters. The Bertz CT molecular complexity index is 860. The van der Waals surface area contributed by atoms with Crippen molar-refractivity contribution in [1.29, 1.82) is 0 Å². The normalized spacial score (nSPS) is 16.3. The van der Waals surface area contributed by atoms with E-state index in [9.17, 15) is 0 Å². The summed E-state index contributed by atoms with van der Waals surface area (Å²) in [4.78, 5) is 8.94. The molecule has 0 bridgehead atoms. The van der Waals surface area contributed by atoms with Crippen LogP contribution in [0, 0.1) is 0 Å². The third-order valence-electron chi connectivity index (χ3n) is 4.69. The molecular weight excluding hydrogens is 332 g/mol. The molecule has 1 aromatic carbocycles. The topological polar surface area (TPSA) is 96.3 Å². The van der Waals surface area contributed by atoms with Crippen molar-refractivity contribution in [2.24, 2.45) is 5.73 Å². The van der Waals surface area contributed by atoms with E-state index >= 15 is 0 Å². The SMILES string of the molecule is NCC1(c2nc(-c3cccnc3Oc3ccccc3)no2)CCOCC1. The molecule has 134 valence electrons. The lowest BCUT2D eigenvalue weighted by Gasteiger charge is -2.32. The van der Waals surface area contributed by atoms with Crippen LogP contribution in [0.15, 0.2) is 53.2 Å². The molecule has 26 heavy (non-hydrogen) atoms. The molecule has 2 aromatic heterocycles. The Hall–Kier alpha value is -2.77. The van der Waals surface area contributed by atoms with Gasteiger partial charge in [0.05, 0.1) is 11.0 Å². The number of para-hydroxylation sites is 1. The van der Waals surface area contributed by atoms with Gasteiger partial charge in [-0.15, -0.1) is 0 Å². The van der Waals surface area contributed by atoms with Gasteiger partial charge >= 0.3 is 0 Å². The van der Waals surface area contributed by atoms with Crippen LogP contribution in [0.4, 0.5) is 0 Å². The summed E-state index contributed by atoms with van der Waals surface area (Å²) in [6, 6.07) is 13.1. The predicted molar refractivity (Wildman–Crippen MR) is 94.8 cm³/mol. The Labute approximate surface area is 151 Å². The first kappa shape index (κ1) is 16.7. The second-order valence-corrected chi connectivity index (χ2v) is 6.29. The highest BCUT2D eigenvalue weighted by Crippen LogP contribution is 2.35. The van der Waals surface area contributed by atoms with Crippen LogP contribution in [-0.2, 0) is 10.2 Å². The first-order chi connectivity index (χ1) is 12.8. The minimum absolute atomic E-state index is 0.327. The van der Waals surface area contributed by atoms with Gasteiger partial charge in [-0.2, -0.15) is 4.98 Å². The number of ether oxygens (including phenoxy) is 2. The molecule has 0 amide bonds. The van der Waals surface area contributed by atoms with Crippen LogP contribution < -0.4 is 10.5 Å². The first-order valence-electron chi connectivity index (χ1n) is 8.61. The summed E-state index contributed by atoms with van der Waals surface area (Å²) < 4.78 is 16.9. The minimum atomic E-state index is -0.327. The number of pyridine rings is 1. The van der Waals surface area contributed by atoms with Gasteiger partial charge in [-0.25, -0.2) is 4.98 Å². The van der Waals surface area contributed by atoms with E-state index in [0.29, 0.717) is 48.7 Å². The summed E-state index contributed by atoms with van der Waals surface area (Å²) in [5.41, 5.74) is 6.37.